The monoisotopic (exact) mass is 356 g/mol. The molecule has 0 spiro atoms. The van der Waals surface area contributed by atoms with Crippen molar-refractivity contribution in [2.45, 2.75) is 117 Å². The summed E-state index contributed by atoms with van der Waals surface area (Å²) in [6.07, 6.45) is 24.2. The van der Waals surface area contributed by atoms with E-state index in [2.05, 4.69) is 13.5 Å². The Bertz CT molecular complexity index is 260. The van der Waals surface area contributed by atoms with E-state index in [1.165, 1.54) is 103 Å². The molecule has 0 rings (SSSR count). The molecular formula is C22H44O3. The maximum Gasteiger partial charge on any atom is 0.300 e. The Morgan fingerprint density at radius 2 is 1.04 bits per heavy atom. The van der Waals surface area contributed by atoms with Gasteiger partial charge in [0.1, 0.15) is 0 Å². The lowest BCUT2D eigenvalue weighted by Gasteiger charge is -2.03. The Morgan fingerprint density at radius 3 is 1.32 bits per heavy atom. The zero-order valence-corrected chi connectivity index (χ0v) is 17.1. The maximum absolute atomic E-state index is 9.00. The largest absolute Gasteiger partial charge is 0.502 e. The van der Waals surface area contributed by atoms with E-state index in [4.69, 9.17) is 14.6 Å². The highest BCUT2D eigenvalue weighted by molar-refractivity contribution is 5.62. The molecule has 3 heteroatoms. The van der Waals surface area contributed by atoms with Crippen LogP contribution < -0.4 is 0 Å². The van der Waals surface area contributed by atoms with E-state index in [-0.39, 0.29) is 0 Å². The van der Waals surface area contributed by atoms with Crippen LogP contribution >= 0.6 is 0 Å². The fourth-order valence-corrected chi connectivity index (χ4v) is 2.82. The van der Waals surface area contributed by atoms with E-state index < -0.39 is 5.97 Å². The highest BCUT2D eigenvalue weighted by Gasteiger charge is 1.94. The number of rotatable bonds is 18. The Balaban J connectivity index is 0. The van der Waals surface area contributed by atoms with Crippen molar-refractivity contribution in [1.82, 2.24) is 0 Å². The van der Waals surface area contributed by atoms with Crippen molar-refractivity contribution in [2.24, 2.45) is 0 Å². The summed E-state index contributed by atoms with van der Waals surface area (Å²) in [5, 5.41) is 7.42. The molecule has 1 N–H and O–H groups in total. The van der Waals surface area contributed by atoms with Gasteiger partial charge in [-0.05, 0) is 6.42 Å². The molecule has 0 saturated heterocycles. The van der Waals surface area contributed by atoms with Gasteiger partial charge in [-0.2, -0.15) is 0 Å². The van der Waals surface area contributed by atoms with Crippen molar-refractivity contribution in [1.29, 1.82) is 0 Å². The molecule has 0 aliphatic rings. The minimum atomic E-state index is -0.833. The number of carboxylic acids is 1. The topological polar surface area (TPSA) is 46.5 Å². The van der Waals surface area contributed by atoms with Gasteiger partial charge < -0.3 is 9.84 Å². The molecule has 0 unspecified atom stereocenters. The summed E-state index contributed by atoms with van der Waals surface area (Å²) in [5.74, 6) is -0.833. The van der Waals surface area contributed by atoms with Gasteiger partial charge in [-0.25, -0.2) is 0 Å². The zero-order chi connectivity index (χ0) is 19.0. The molecule has 0 aliphatic carbocycles. The van der Waals surface area contributed by atoms with Crippen LogP contribution in [0.15, 0.2) is 12.8 Å². The first-order chi connectivity index (χ1) is 12.1. The number of unbranched alkanes of at least 4 members (excludes halogenated alkanes) is 15. The third-order valence-electron chi connectivity index (χ3n) is 4.23. The molecule has 0 saturated carbocycles. The molecule has 0 fully saturated rings. The minimum absolute atomic E-state index is 0.833. The van der Waals surface area contributed by atoms with Crippen LogP contribution in [-0.2, 0) is 9.53 Å². The number of hydrogen-bond acceptors (Lipinski definition) is 2. The van der Waals surface area contributed by atoms with Crippen LogP contribution in [0, 0.1) is 0 Å². The lowest BCUT2D eigenvalue weighted by Crippen LogP contribution is -1.87. The van der Waals surface area contributed by atoms with Crippen LogP contribution in [-0.4, -0.2) is 17.7 Å². The summed E-state index contributed by atoms with van der Waals surface area (Å²) >= 11 is 0. The Morgan fingerprint density at radius 1 is 0.760 bits per heavy atom. The van der Waals surface area contributed by atoms with Crippen LogP contribution in [0.4, 0.5) is 0 Å². The quantitative estimate of drug-likeness (QED) is 0.204. The van der Waals surface area contributed by atoms with Crippen LogP contribution in [0.5, 0.6) is 0 Å². The normalized spacial score (nSPS) is 10.0. The molecule has 0 radical (unpaired) electrons. The lowest BCUT2D eigenvalue weighted by atomic mass is 10.0. The van der Waals surface area contributed by atoms with Crippen molar-refractivity contribution in [3.8, 4) is 0 Å². The summed E-state index contributed by atoms with van der Waals surface area (Å²) in [4.78, 5) is 9.00. The van der Waals surface area contributed by atoms with Crippen molar-refractivity contribution < 1.29 is 14.6 Å². The van der Waals surface area contributed by atoms with E-state index in [9.17, 15) is 0 Å². The van der Waals surface area contributed by atoms with Crippen LogP contribution in [0.2, 0.25) is 0 Å². The Kier molecular flexibility index (Phi) is 26.5. The third-order valence-corrected chi connectivity index (χ3v) is 4.23. The van der Waals surface area contributed by atoms with Gasteiger partial charge in [0, 0.05) is 6.92 Å². The van der Waals surface area contributed by atoms with Crippen molar-refractivity contribution in [3.05, 3.63) is 12.8 Å². The highest BCUT2D eigenvalue weighted by atomic mass is 16.5. The number of carbonyl (C=O) groups is 1. The molecule has 0 bridgehead atoms. The first kappa shape index (κ1) is 26.2. The second-order valence-corrected chi connectivity index (χ2v) is 6.86. The van der Waals surface area contributed by atoms with Gasteiger partial charge in [0.2, 0.25) is 0 Å². The molecular weight excluding hydrogens is 312 g/mol. The molecule has 150 valence electrons. The van der Waals surface area contributed by atoms with Gasteiger partial charge in [0.05, 0.1) is 12.9 Å². The average Bonchev–Trinajstić information content (AvgIpc) is 2.57. The second-order valence-electron chi connectivity index (χ2n) is 6.86. The first-order valence-corrected chi connectivity index (χ1v) is 10.6. The van der Waals surface area contributed by atoms with E-state index in [0.717, 1.165) is 13.5 Å². The maximum atomic E-state index is 9.00. The third kappa shape index (κ3) is 35.1. The molecule has 0 aromatic heterocycles. The summed E-state index contributed by atoms with van der Waals surface area (Å²) in [6.45, 7) is 7.77. The average molecular weight is 357 g/mol. The van der Waals surface area contributed by atoms with Gasteiger partial charge in [0.25, 0.3) is 5.97 Å². The fraction of sp³-hybridized carbons (Fsp3) is 0.864. The molecule has 0 aromatic rings. The molecule has 0 atom stereocenters. The summed E-state index contributed by atoms with van der Waals surface area (Å²) in [6, 6.07) is 0. The van der Waals surface area contributed by atoms with E-state index in [0.29, 0.717) is 0 Å². The summed E-state index contributed by atoms with van der Waals surface area (Å²) in [5.41, 5.74) is 0. The van der Waals surface area contributed by atoms with Gasteiger partial charge in [0.15, 0.2) is 0 Å². The number of carboxylic acid groups (broad SMARTS) is 1. The van der Waals surface area contributed by atoms with Gasteiger partial charge >= 0.3 is 0 Å². The predicted octanol–water partition coefficient (Wildman–Crippen LogP) is 7.50. The van der Waals surface area contributed by atoms with Crippen LogP contribution in [0.25, 0.3) is 0 Å². The van der Waals surface area contributed by atoms with Crippen LogP contribution in [0.1, 0.15) is 117 Å². The van der Waals surface area contributed by atoms with Gasteiger partial charge in [-0.15, -0.1) is 0 Å². The number of ether oxygens (including phenoxy) is 1. The summed E-state index contributed by atoms with van der Waals surface area (Å²) < 4.78 is 5.12. The summed E-state index contributed by atoms with van der Waals surface area (Å²) in [7, 11) is 0. The fourth-order valence-electron chi connectivity index (χ4n) is 2.82. The predicted molar refractivity (Wildman–Crippen MR) is 109 cm³/mol. The first-order valence-electron chi connectivity index (χ1n) is 10.6. The van der Waals surface area contributed by atoms with Crippen molar-refractivity contribution in [3.63, 3.8) is 0 Å². The van der Waals surface area contributed by atoms with Crippen molar-refractivity contribution in [2.75, 3.05) is 6.61 Å². The standard InChI is InChI=1S/C20H40O.C2H4O2/c1-3-5-6-7-8-9-10-11-12-13-14-15-16-17-18-19-20-21-4-2;1-2(3)4/h4H,2-3,5-20H2,1H3;1H3,(H,3,4). The minimum Gasteiger partial charge on any atom is -0.502 e. The van der Waals surface area contributed by atoms with E-state index >= 15 is 0 Å². The molecule has 3 nitrogen and oxygen atoms in total. The molecule has 0 amide bonds. The SMILES string of the molecule is C=COCCCCCCCCCCCCCCCCCC.CC(=O)O. The second kappa shape index (κ2) is 25.3. The van der Waals surface area contributed by atoms with Gasteiger partial charge in [-0.3, -0.25) is 4.79 Å². The van der Waals surface area contributed by atoms with Gasteiger partial charge in [-0.1, -0.05) is 110 Å². The zero-order valence-electron chi connectivity index (χ0n) is 17.1. The van der Waals surface area contributed by atoms with Crippen molar-refractivity contribution >= 4 is 5.97 Å². The number of aliphatic carboxylic acids is 1. The molecule has 0 heterocycles. The van der Waals surface area contributed by atoms with Crippen LogP contribution in [0.3, 0.4) is 0 Å². The molecule has 0 aromatic carbocycles. The number of hydrogen-bond donors (Lipinski definition) is 1. The Hall–Kier alpha value is -0.990. The smallest absolute Gasteiger partial charge is 0.300 e. The molecule has 0 aliphatic heterocycles. The van der Waals surface area contributed by atoms with E-state index in [1.807, 2.05) is 0 Å². The highest BCUT2D eigenvalue weighted by Crippen LogP contribution is 2.13. The van der Waals surface area contributed by atoms with E-state index in [1.54, 1.807) is 6.26 Å². The lowest BCUT2D eigenvalue weighted by molar-refractivity contribution is -0.134. The Labute approximate surface area is 157 Å². The molecule has 25 heavy (non-hydrogen) atoms.